The molecule has 0 amide bonds. The number of hydrogen-bond acceptors (Lipinski definition) is 4. The van der Waals surface area contributed by atoms with Crippen LogP contribution in [0.3, 0.4) is 0 Å². The number of ether oxygens (including phenoxy) is 1. The zero-order chi connectivity index (χ0) is 12.5. The third-order valence-electron chi connectivity index (χ3n) is 3.46. The van der Waals surface area contributed by atoms with Gasteiger partial charge in [0.05, 0.1) is 0 Å². The van der Waals surface area contributed by atoms with Gasteiger partial charge in [0.1, 0.15) is 17.3 Å². The minimum absolute atomic E-state index is 0.0401. The summed E-state index contributed by atoms with van der Waals surface area (Å²) in [4.78, 5) is 7.13. The summed E-state index contributed by atoms with van der Waals surface area (Å²) in [5, 5.41) is 3.36. The highest BCUT2D eigenvalue weighted by Gasteiger charge is 2.26. The Hall–Kier alpha value is -1.55. The van der Waals surface area contributed by atoms with E-state index >= 15 is 0 Å². The Bertz CT molecular complexity index is 478. The maximum atomic E-state index is 5.96. The largest absolute Gasteiger partial charge is 0.481 e. The van der Waals surface area contributed by atoms with Crippen molar-refractivity contribution in [1.29, 1.82) is 0 Å². The van der Waals surface area contributed by atoms with Gasteiger partial charge in [-0.25, -0.2) is 4.99 Å². The van der Waals surface area contributed by atoms with Crippen molar-refractivity contribution >= 4 is 11.5 Å². The molecule has 2 aliphatic rings. The smallest absolute Gasteiger partial charge is 0.153 e. The fraction of sp³-hybridized carbons (Fsp3) is 0.500. The number of hydrogen-bond donors (Lipinski definition) is 1. The van der Waals surface area contributed by atoms with Gasteiger partial charge < -0.3 is 15.0 Å². The van der Waals surface area contributed by atoms with Crippen LogP contribution in [0.25, 0.3) is 0 Å². The molecule has 1 fully saturated rings. The Kier molecular flexibility index (Phi) is 2.96. The van der Waals surface area contributed by atoms with Gasteiger partial charge in [-0.2, -0.15) is 0 Å². The maximum Gasteiger partial charge on any atom is 0.153 e. The van der Waals surface area contributed by atoms with Crippen molar-refractivity contribution in [3.05, 3.63) is 23.8 Å². The van der Waals surface area contributed by atoms with E-state index in [4.69, 9.17) is 9.73 Å². The molecule has 1 aromatic rings. The Balaban J connectivity index is 1.93. The van der Waals surface area contributed by atoms with Crippen LogP contribution in [0, 0.1) is 6.92 Å². The minimum atomic E-state index is 0.0401. The van der Waals surface area contributed by atoms with Crippen LogP contribution in [0.1, 0.15) is 12.5 Å². The average molecular weight is 245 g/mol. The summed E-state index contributed by atoms with van der Waals surface area (Å²) in [6.45, 7) is 8.21. The highest BCUT2D eigenvalue weighted by atomic mass is 16.5. The predicted molar refractivity (Wildman–Crippen MR) is 72.8 cm³/mol. The van der Waals surface area contributed by atoms with Gasteiger partial charge >= 0.3 is 0 Å². The van der Waals surface area contributed by atoms with Crippen LogP contribution in [-0.4, -0.2) is 43.0 Å². The lowest BCUT2D eigenvalue weighted by Gasteiger charge is -2.35. The van der Waals surface area contributed by atoms with Crippen molar-refractivity contribution in [2.24, 2.45) is 4.99 Å². The summed E-state index contributed by atoms with van der Waals surface area (Å²) in [6, 6.07) is 6.17. The number of piperazine rings is 1. The first-order valence-electron chi connectivity index (χ1n) is 6.55. The molecule has 0 aliphatic carbocycles. The van der Waals surface area contributed by atoms with Crippen LogP contribution in [0.2, 0.25) is 0 Å². The van der Waals surface area contributed by atoms with E-state index in [9.17, 15) is 0 Å². The van der Waals surface area contributed by atoms with Crippen LogP contribution in [0.4, 0.5) is 5.69 Å². The van der Waals surface area contributed by atoms with E-state index < -0.39 is 0 Å². The summed E-state index contributed by atoms with van der Waals surface area (Å²) in [5.74, 6) is 1.96. The zero-order valence-electron chi connectivity index (χ0n) is 10.9. The molecule has 0 bridgehead atoms. The topological polar surface area (TPSA) is 36.9 Å². The van der Waals surface area contributed by atoms with E-state index in [1.54, 1.807) is 0 Å². The molecule has 4 nitrogen and oxygen atoms in total. The van der Waals surface area contributed by atoms with Gasteiger partial charge in [-0.1, -0.05) is 6.07 Å². The molecule has 4 heteroatoms. The van der Waals surface area contributed by atoms with Crippen LogP contribution in [0.5, 0.6) is 5.75 Å². The quantitative estimate of drug-likeness (QED) is 0.756. The van der Waals surface area contributed by atoms with Crippen molar-refractivity contribution < 1.29 is 4.74 Å². The first-order chi connectivity index (χ1) is 8.74. The maximum absolute atomic E-state index is 5.96. The number of nitrogens with one attached hydrogen (secondary N) is 1. The molecule has 96 valence electrons. The first kappa shape index (κ1) is 11.5. The number of fused-ring (bicyclic) bond motifs is 1. The third-order valence-corrected chi connectivity index (χ3v) is 3.46. The Morgan fingerprint density at radius 2 is 2.11 bits per heavy atom. The molecule has 1 N–H and O–H groups in total. The summed E-state index contributed by atoms with van der Waals surface area (Å²) >= 11 is 0. The van der Waals surface area contributed by atoms with Crippen LogP contribution in [-0.2, 0) is 0 Å². The molecule has 1 unspecified atom stereocenters. The second-order valence-corrected chi connectivity index (χ2v) is 4.94. The summed E-state index contributed by atoms with van der Waals surface area (Å²) in [6.07, 6.45) is 0.0401. The Morgan fingerprint density at radius 1 is 1.33 bits per heavy atom. The number of amidine groups is 1. The van der Waals surface area contributed by atoms with Crippen LogP contribution >= 0.6 is 0 Å². The van der Waals surface area contributed by atoms with Crippen molar-refractivity contribution in [3.63, 3.8) is 0 Å². The average Bonchev–Trinajstić information content (AvgIpc) is 2.39. The molecule has 3 rings (SSSR count). The fourth-order valence-electron chi connectivity index (χ4n) is 2.49. The number of benzene rings is 1. The van der Waals surface area contributed by atoms with Crippen LogP contribution < -0.4 is 10.1 Å². The molecule has 0 saturated carbocycles. The van der Waals surface area contributed by atoms with E-state index in [1.165, 1.54) is 5.56 Å². The second-order valence-electron chi connectivity index (χ2n) is 4.94. The third kappa shape index (κ3) is 2.08. The molecule has 2 heterocycles. The molecular formula is C14H19N3O. The molecule has 1 saturated heterocycles. The lowest BCUT2D eigenvalue weighted by atomic mass is 10.1. The summed E-state index contributed by atoms with van der Waals surface area (Å²) < 4.78 is 5.96. The zero-order valence-corrected chi connectivity index (χ0v) is 10.9. The van der Waals surface area contributed by atoms with Gasteiger partial charge in [-0.15, -0.1) is 0 Å². The van der Waals surface area contributed by atoms with Crippen molar-refractivity contribution in [2.45, 2.75) is 20.0 Å². The van der Waals surface area contributed by atoms with Crippen molar-refractivity contribution in [1.82, 2.24) is 10.2 Å². The lowest BCUT2D eigenvalue weighted by molar-refractivity contribution is 0.245. The molecular weight excluding hydrogens is 226 g/mol. The second kappa shape index (κ2) is 4.61. The Labute approximate surface area is 108 Å². The van der Waals surface area contributed by atoms with Gasteiger partial charge in [0.25, 0.3) is 0 Å². The Morgan fingerprint density at radius 3 is 2.89 bits per heavy atom. The SMILES string of the molecule is Cc1ccc2c(c1)N=C(N1CCNCC1)C(C)O2. The van der Waals surface area contributed by atoms with E-state index in [0.29, 0.717) is 0 Å². The standard InChI is InChI=1S/C14H19N3O/c1-10-3-4-13-12(9-10)16-14(11(2)18-13)17-7-5-15-6-8-17/h3-4,9,11,15H,5-8H2,1-2H3. The van der Waals surface area contributed by atoms with Crippen molar-refractivity contribution in [2.75, 3.05) is 26.2 Å². The van der Waals surface area contributed by atoms with E-state index in [0.717, 1.165) is 43.5 Å². The fourth-order valence-corrected chi connectivity index (χ4v) is 2.49. The molecule has 0 aromatic heterocycles. The molecule has 1 atom stereocenters. The minimum Gasteiger partial charge on any atom is -0.481 e. The van der Waals surface area contributed by atoms with Gasteiger partial charge in [-0.3, -0.25) is 0 Å². The van der Waals surface area contributed by atoms with Crippen molar-refractivity contribution in [3.8, 4) is 5.75 Å². The lowest BCUT2D eigenvalue weighted by Crippen LogP contribution is -2.50. The summed E-state index contributed by atoms with van der Waals surface area (Å²) in [5.41, 5.74) is 2.18. The number of aliphatic imine (C=N–C) groups is 1. The number of aryl methyl sites for hydroxylation is 1. The van der Waals surface area contributed by atoms with Crippen LogP contribution in [0.15, 0.2) is 23.2 Å². The van der Waals surface area contributed by atoms with E-state index in [-0.39, 0.29) is 6.10 Å². The summed E-state index contributed by atoms with van der Waals surface area (Å²) in [7, 11) is 0. The highest BCUT2D eigenvalue weighted by Crippen LogP contribution is 2.33. The van der Waals surface area contributed by atoms with E-state index in [2.05, 4.69) is 36.2 Å². The molecule has 18 heavy (non-hydrogen) atoms. The van der Waals surface area contributed by atoms with Gasteiger partial charge in [-0.05, 0) is 31.5 Å². The normalized spacial score (nSPS) is 23.1. The monoisotopic (exact) mass is 245 g/mol. The number of nitrogens with zero attached hydrogens (tertiary/aromatic N) is 2. The molecule has 1 aromatic carbocycles. The predicted octanol–water partition coefficient (Wildman–Crippen LogP) is 1.71. The number of rotatable bonds is 0. The van der Waals surface area contributed by atoms with Gasteiger partial charge in [0.15, 0.2) is 6.10 Å². The van der Waals surface area contributed by atoms with E-state index in [1.807, 2.05) is 6.07 Å². The first-order valence-corrected chi connectivity index (χ1v) is 6.55. The van der Waals surface area contributed by atoms with Gasteiger partial charge in [0, 0.05) is 26.2 Å². The van der Waals surface area contributed by atoms with Gasteiger partial charge in [0.2, 0.25) is 0 Å². The highest BCUT2D eigenvalue weighted by molar-refractivity contribution is 5.91. The molecule has 2 aliphatic heterocycles. The molecule has 0 radical (unpaired) electrons. The molecule has 0 spiro atoms.